The third-order valence-electron chi connectivity index (χ3n) is 6.56. The van der Waals surface area contributed by atoms with Gasteiger partial charge in [0.05, 0.1) is 35.5 Å². The molecule has 16 heteroatoms. The first-order chi connectivity index (χ1) is 19.9. The van der Waals surface area contributed by atoms with E-state index in [1.807, 2.05) is 6.92 Å². The number of morpholine rings is 1. The Bertz CT molecular complexity index is 1650. The number of aromatic nitrogens is 6. The number of aliphatic hydroxyl groups is 1. The molecule has 1 amide bonds. The highest BCUT2D eigenvalue weighted by atomic mass is 35.5. The first-order valence-corrected chi connectivity index (χ1v) is 13.5. The fourth-order valence-corrected chi connectivity index (χ4v) is 4.89. The summed E-state index contributed by atoms with van der Waals surface area (Å²) in [6.45, 7) is 1.67. The molecule has 1 saturated heterocycles. The van der Waals surface area contributed by atoms with Crippen LogP contribution in [0.1, 0.15) is 23.1 Å². The number of halogens is 5. The van der Waals surface area contributed by atoms with E-state index in [1.165, 1.54) is 35.3 Å². The molecule has 42 heavy (non-hydrogen) atoms. The number of aliphatic hydroxyl groups excluding tert-OH is 1. The predicted molar refractivity (Wildman–Crippen MR) is 146 cm³/mol. The van der Waals surface area contributed by atoms with Crippen molar-refractivity contribution < 1.29 is 27.8 Å². The van der Waals surface area contributed by atoms with E-state index >= 15 is 0 Å². The van der Waals surface area contributed by atoms with Gasteiger partial charge >= 0.3 is 11.9 Å². The van der Waals surface area contributed by atoms with Crippen molar-refractivity contribution in [2.75, 3.05) is 19.7 Å². The average molecular weight is 626 g/mol. The minimum atomic E-state index is -4.96. The van der Waals surface area contributed by atoms with Crippen molar-refractivity contribution in [3.8, 4) is 17.1 Å². The second kappa shape index (κ2) is 11.9. The van der Waals surface area contributed by atoms with Crippen molar-refractivity contribution in [2.45, 2.75) is 38.4 Å². The Balaban J connectivity index is 1.47. The third kappa shape index (κ3) is 6.21. The number of ether oxygens (including phenoxy) is 1. The summed E-state index contributed by atoms with van der Waals surface area (Å²) in [7, 11) is 0. The maximum atomic E-state index is 13.4. The standard InChI is InChI=1S/C26H24Cl2F3N7O4/c1-15-11-35(9-10-42-15)24(40)18-3-2-4-19(28)22(18)38-14-32-21(33-38)13-37-25(41)36(12-20(39)26(29,30)31)23(34-37)16-5-7-17(27)8-6-16/h2-8,14-15,20,39H,9-13H2,1H3. The zero-order chi connectivity index (χ0) is 30.2. The molecule has 222 valence electrons. The van der Waals surface area contributed by atoms with E-state index in [-0.39, 0.29) is 46.5 Å². The van der Waals surface area contributed by atoms with E-state index < -0.39 is 24.5 Å². The highest BCUT2D eigenvalue weighted by Gasteiger charge is 2.39. The highest BCUT2D eigenvalue weighted by molar-refractivity contribution is 6.33. The molecule has 2 aromatic carbocycles. The summed E-state index contributed by atoms with van der Waals surface area (Å²) < 4.78 is 47.9. The van der Waals surface area contributed by atoms with Gasteiger partial charge in [-0.1, -0.05) is 29.3 Å². The van der Waals surface area contributed by atoms with Crippen LogP contribution < -0.4 is 5.69 Å². The van der Waals surface area contributed by atoms with Crippen LogP contribution in [0.15, 0.2) is 53.6 Å². The van der Waals surface area contributed by atoms with Crippen molar-refractivity contribution in [3.05, 3.63) is 80.7 Å². The molecule has 0 bridgehead atoms. The minimum Gasteiger partial charge on any atom is -0.382 e. The van der Waals surface area contributed by atoms with E-state index in [1.54, 1.807) is 23.1 Å². The van der Waals surface area contributed by atoms with Crippen LogP contribution in [0.4, 0.5) is 13.2 Å². The van der Waals surface area contributed by atoms with Crippen LogP contribution in [0.3, 0.4) is 0 Å². The largest absolute Gasteiger partial charge is 0.416 e. The molecule has 5 rings (SSSR count). The number of rotatable bonds is 7. The lowest BCUT2D eigenvalue weighted by atomic mass is 10.1. The molecule has 0 aliphatic carbocycles. The van der Waals surface area contributed by atoms with Crippen LogP contribution >= 0.6 is 23.2 Å². The third-order valence-corrected chi connectivity index (χ3v) is 7.12. The van der Waals surface area contributed by atoms with Crippen LogP contribution in [0.2, 0.25) is 10.0 Å². The van der Waals surface area contributed by atoms with Gasteiger partial charge < -0.3 is 14.7 Å². The van der Waals surface area contributed by atoms with Crippen molar-refractivity contribution in [2.24, 2.45) is 0 Å². The molecule has 4 aromatic rings. The molecular formula is C26H24Cl2F3N7O4. The van der Waals surface area contributed by atoms with E-state index in [9.17, 15) is 27.9 Å². The van der Waals surface area contributed by atoms with Crippen molar-refractivity contribution in [3.63, 3.8) is 0 Å². The lowest BCUT2D eigenvalue weighted by molar-refractivity contribution is -0.207. The van der Waals surface area contributed by atoms with Gasteiger partial charge in [-0.3, -0.25) is 9.36 Å². The molecule has 1 N–H and O–H groups in total. The first-order valence-electron chi connectivity index (χ1n) is 12.7. The fraction of sp³-hybridized carbons (Fsp3) is 0.346. The van der Waals surface area contributed by atoms with Crippen molar-refractivity contribution in [1.29, 1.82) is 0 Å². The van der Waals surface area contributed by atoms with E-state index in [0.717, 1.165) is 9.25 Å². The Morgan fingerprint density at radius 1 is 1.17 bits per heavy atom. The number of nitrogens with zero attached hydrogens (tertiary/aromatic N) is 7. The van der Waals surface area contributed by atoms with Gasteiger partial charge in [-0.2, -0.15) is 13.2 Å². The Morgan fingerprint density at radius 2 is 1.90 bits per heavy atom. The minimum absolute atomic E-state index is 0.0686. The average Bonchev–Trinajstić information content (AvgIpc) is 3.52. The maximum absolute atomic E-state index is 13.4. The summed E-state index contributed by atoms with van der Waals surface area (Å²) in [6, 6.07) is 10.8. The Labute approximate surface area is 246 Å². The highest BCUT2D eigenvalue weighted by Crippen LogP contribution is 2.27. The van der Waals surface area contributed by atoms with Gasteiger partial charge in [0.2, 0.25) is 0 Å². The van der Waals surface area contributed by atoms with Crippen LogP contribution in [0.5, 0.6) is 0 Å². The molecule has 3 heterocycles. The molecule has 1 aliphatic heterocycles. The predicted octanol–water partition coefficient (Wildman–Crippen LogP) is 3.43. The first kappa shape index (κ1) is 29.8. The molecule has 2 aromatic heterocycles. The van der Waals surface area contributed by atoms with Gasteiger partial charge in [0.25, 0.3) is 5.91 Å². The number of amides is 1. The van der Waals surface area contributed by atoms with Crippen LogP contribution in [0, 0.1) is 0 Å². The molecule has 1 fully saturated rings. The number of benzene rings is 2. The van der Waals surface area contributed by atoms with Gasteiger partial charge in [-0.25, -0.2) is 19.1 Å². The summed E-state index contributed by atoms with van der Waals surface area (Å²) >= 11 is 12.4. The molecule has 0 saturated carbocycles. The molecule has 2 atom stereocenters. The zero-order valence-corrected chi connectivity index (χ0v) is 23.5. The monoisotopic (exact) mass is 625 g/mol. The Hall–Kier alpha value is -3.72. The number of para-hydroxylation sites is 1. The van der Waals surface area contributed by atoms with Gasteiger partial charge in [0.1, 0.15) is 12.9 Å². The maximum Gasteiger partial charge on any atom is 0.416 e. The van der Waals surface area contributed by atoms with Gasteiger partial charge in [0, 0.05) is 23.7 Å². The normalized spacial score (nSPS) is 16.5. The molecule has 11 nitrogen and oxygen atoms in total. The molecule has 1 aliphatic rings. The summed E-state index contributed by atoms with van der Waals surface area (Å²) in [5.41, 5.74) is -0.0647. The lowest BCUT2D eigenvalue weighted by Gasteiger charge is -2.31. The number of alkyl halides is 3. The smallest absolute Gasteiger partial charge is 0.382 e. The molecule has 2 unspecified atom stereocenters. The lowest BCUT2D eigenvalue weighted by Crippen LogP contribution is -2.44. The number of hydrogen-bond donors (Lipinski definition) is 1. The van der Waals surface area contributed by atoms with Crippen molar-refractivity contribution >= 4 is 29.1 Å². The SMILES string of the molecule is CC1CN(C(=O)c2cccc(Cl)c2-n2cnc(Cn3nc(-c4ccc(Cl)cc4)n(CC(O)C(F)(F)F)c3=O)n2)CCO1. The molecule has 0 radical (unpaired) electrons. The van der Waals surface area contributed by atoms with Gasteiger partial charge in [-0.15, -0.1) is 10.2 Å². The van der Waals surface area contributed by atoms with E-state index in [2.05, 4.69) is 15.2 Å². The fourth-order valence-electron chi connectivity index (χ4n) is 4.50. The Morgan fingerprint density at radius 3 is 2.60 bits per heavy atom. The summed E-state index contributed by atoms with van der Waals surface area (Å²) in [5, 5.41) is 18.9. The van der Waals surface area contributed by atoms with Gasteiger partial charge in [-0.05, 0) is 43.3 Å². The summed E-state index contributed by atoms with van der Waals surface area (Å²) in [5.74, 6) is -0.317. The van der Waals surface area contributed by atoms with E-state index in [4.69, 9.17) is 27.9 Å². The summed E-state index contributed by atoms with van der Waals surface area (Å²) in [4.78, 5) is 32.4. The molecule has 0 spiro atoms. The van der Waals surface area contributed by atoms with Gasteiger partial charge in [0.15, 0.2) is 17.8 Å². The topological polar surface area (TPSA) is 120 Å². The number of hydrogen-bond acceptors (Lipinski definition) is 7. The second-order valence-corrected chi connectivity index (χ2v) is 10.5. The van der Waals surface area contributed by atoms with Crippen LogP contribution in [0.25, 0.3) is 17.1 Å². The molecular weight excluding hydrogens is 602 g/mol. The summed E-state index contributed by atoms with van der Waals surface area (Å²) in [6.07, 6.45) is -6.58. The zero-order valence-electron chi connectivity index (χ0n) is 22.0. The number of carbonyl (C=O) groups is 1. The Kier molecular flexibility index (Phi) is 8.42. The quantitative estimate of drug-likeness (QED) is 0.334. The van der Waals surface area contributed by atoms with Crippen LogP contribution in [-0.4, -0.2) is 83.1 Å². The van der Waals surface area contributed by atoms with E-state index in [0.29, 0.717) is 30.3 Å². The number of carbonyl (C=O) groups excluding carboxylic acids is 1. The van der Waals surface area contributed by atoms with Crippen molar-refractivity contribution in [1.82, 2.24) is 34.0 Å². The van der Waals surface area contributed by atoms with Crippen LogP contribution in [-0.2, 0) is 17.8 Å². The second-order valence-electron chi connectivity index (χ2n) is 9.61.